The molecule has 0 aliphatic rings. The van der Waals surface area contributed by atoms with Crippen LogP contribution in [-0.4, -0.2) is 5.78 Å². The van der Waals surface area contributed by atoms with Crippen molar-refractivity contribution in [3.8, 4) is 0 Å². The van der Waals surface area contributed by atoms with Crippen LogP contribution in [0.3, 0.4) is 0 Å². The second-order valence-electron chi connectivity index (χ2n) is 5.17. The van der Waals surface area contributed by atoms with Crippen LogP contribution in [0.4, 0.5) is 0 Å². The van der Waals surface area contributed by atoms with Crippen LogP contribution in [0.2, 0.25) is 0 Å². The molecule has 21 heavy (non-hydrogen) atoms. The molecule has 3 rings (SSSR count). The summed E-state index contributed by atoms with van der Waals surface area (Å²) in [5.74, 6) is 0.0299. The van der Waals surface area contributed by atoms with Gasteiger partial charge in [-0.3, -0.25) is 4.79 Å². The van der Waals surface area contributed by atoms with Crippen LogP contribution >= 0.6 is 0 Å². The van der Waals surface area contributed by atoms with Gasteiger partial charge in [-0.05, 0) is 35.4 Å². The molecule has 0 aliphatic carbocycles. The molecule has 0 fully saturated rings. The molecule has 0 saturated carbocycles. The summed E-state index contributed by atoms with van der Waals surface area (Å²) < 4.78 is 0. The first-order chi connectivity index (χ1) is 10.2. The molecule has 0 bridgehead atoms. The Hall–Kier alpha value is -2.67. The second kappa shape index (κ2) is 5.76. The van der Waals surface area contributed by atoms with E-state index in [0.717, 1.165) is 21.9 Å². The van der Waals surface area contributed by atoms with Gasteiger partial charge in [0.2, 0.25) is 0 Å². The van der Waals surface area contributed by atoms with Gasteiger partial charge in [-0.25, -0.2) is 0 Å². The van der Waals surface area contributed by atoms with Crippen molar-refractivity contribution in [2.75, 3.05) is 0 Å². The van der Waals surface area contributed by atoms with Gasteiger partial charge in [-0.2, -0.15) is 0 Å². The Labute approximate surface area is 124 Å². The Morgan fingerprint density at radius 2 is 1.67 bits per heavy atom. The predicted molar refractivity (Wildman–Crippen MR) is 88.5 cm³/mol. The Balaban J connectivity index is 1.86. The molecular weight excluding hydrogens is 256 g/mol. The highest BCUT2D eigenvalue weighted by Gasteiger charge is 2.02. The summed E-state index contributed by atoms with van der Waals surface area (Å²) in [6, 6.07) is 22.0. The first-order valence-corrected chi connectivity index (χ1v) is 7.00. The van der Waals surface area contributed by atoms with E-state index in [9.17, 15) is 4.79 Å². The van der Waals surface area contributed by atoms with E-state index in [1.165, 1.54) is 5.56 Å². The highest BCUT2D eigenvalue weighted by Crippen LogP contribution is 2.16. The smallest absolute Gasteiger partial charge is 0.185 e. The first-order valence-electron chi connectivity index (χ1n) is 7.00. The van der Waals surface area contributed by atoms with E-state index in [2.05, 4.69) is 6.07 Å². The van der Waals surface area contributed by atoms with E-state index < -0.39 is 0 Å². The Morgan fingerprint density at radius 3 is 2.48 bits per heavy atom. The molecule has 0 unspecified atom stereocenters. The van der Waals surface area contributed by atoms with Gasteiger partial charge in [-0.15, -0.1) is 0 Å². The largest absolute Gasteiger partial charge is 0.289 e. The van der Waals surface area contributed by atoms with Crippen LogP contribution in [0.25, 0.3) is 16.8 Å². The van der Waals surface area contributed by atoms with Gasteiger partial charge in [0.15, 0.2) is 5.78 Å². The molecule has 0 N–H and O–H groups in total. The number of carbonyl (C=O) groups excluding carboxylic acids is 1. The van der Waals surface area contributed by atoms with Crippen molar-refractivity contribution in [2.45, 2.75) is 6.92 Å². The van der Waals surface area contributed by atoms with Crippen LogP contribution in [0.5, 0.6) is 0 Å². The molecule has 0 radical (unpaired) electrons. The summed E-state index contributed by atoms with van der Waals surface area (Å²) in [6.07, 6.45) is 3.50. The fourth-order valence-electron chi connectivity index (χ4n) is 2.38. The molecule has 0 amide bonds. The summed E-state index contributed by atoms with van der Waals surface area (Å²) in [4.78, 5) is 12.3. The fourth-order valence-corrected chi connectivity index (χ4v) is 2.38. The molecule has 0 spiro atoms. The third-order valence-corrected chi connectivity index (χ3v) is 3.50. The lowest BCUT2D eigenvalue weighted by Gasteiger charge is -2.00. The molecule has 0 heterocycles. The minimum Gasteiger partial charge on any atom is -0.289 e. The van der Waals surface area contributed by atoms with E-state index >= 15 is 0 Å². The lowest BCUT2D eigenvalue weighted by atomic mass is 10.0. The van der Waals surface area contributed by atoms with Gasteiger partial charge >= 0.3 is 0 Å². The van der Waals surface area contributed by atoms with Crippen LogP contribution in [0, 0.1) is 6.92 Å². The van der Waals surface area contributed by atoms with Crippen molar-refractivity contribution in [3.05, 3.63) is 89.5 Å². The van der Waals surface area contributed by atoms with Gasteiger partial charge < -0.3 is 0 Å². The fraction of sp³-hybridized carbons (Fsp3) is 0.0500. The number of fused-ring (bicyclic) bond motifs is 1. The van der Waals surface area contributed by atoms with Gasteiger partial charge in [0.05, 0.1) is 0 Å². The highest BCUT2D eigenvalue weighted by atomic mass is 16.1. The molecule has 0 aliphatic heterocycles. The number of ketones is 1. The maximum Gasteiger partial charge on any atom is 0.185 e. The summed E-state index contributed by atoms with van der Waals surface area (Å²) in [7, 11) is 0. The van der Waals surface area contributed by atoms with Gasteiger partial charge in [-0.1, -0.05) is 72.3 Å². The average Bonchev–Trinajstić information content (AvgIpc) is 2.52. The number of hydrogen-bond acceptors (Lipinski definition) is 1. The minimum absolute atomic E-state index is 0.0299. The number of hydrogen-bond donors (Lipinski definition) is 0. The van der Waals surface area contributed by atoms with Crippen molar-refractivity contribution in [2.24, 2.45) is 0 Å². The molecule has 102 valence electrons. The van der Waals surface area contributed by atoms with Crippen molar-refractivity contribution < 1.29 is 4.79 Å². The predicted octanol–water partition coefficient (Wildman–Crippen LogP) is 5.04. The van der Waals surface area contributed by atoms with E-state index in [1.807, 2.05) is 73.7 Å². The van der Waals surface area contributed by atoms with Gasteiger partial charge in [0, 0.05) is 5.56 Å². The molecule has 1 heteroatoms. The molecule has 3 aromatic carbocycles. The molecule has 0 aromatic heterocycles. The SMILES string of the molecule is Cc1cccc(C=CC(=O)c2ccc3ccccc3c2)c1. The highest BCUT2D eigenvalue weighted by molar-refractivity contribution is 6.08. The normalized spacial score (nSPS) is 11.1. The van der Waals surface area contributed by atoms with Crippen molar-refractivity contribution in [1.82, 2.24) is 0 Å². The third-order valence-electron chi connectivity index (χ3n) is 3.50. The molecular formula is C20H16O. The lowest BCUT2D eigenvalue weighted by Crippen LogP contribution is -1.93. The topological polar surface area (TPSA) is 17.1 Å². The molecule has 0 saturated heterocycles. The Bertz CT molecular complexity index is 828. The number of carbonyl (C=O) groups is 1. The summed E-state index contributed by atoms with van der Waals surface area (Å²) in [5, 5.41) is 2.24. The third kappa shape index (κ3) is 3.09. The van der Waals surface area contributed by atoms with Crippen molar-refractivity contribution >= 4 is 22.6 Å². The monoisotopic (exact) mass is 272 g/mol. The summed E-state index contributed by atoms with van der Waals surface area (Å²) >= 11 is 0. The van der Waals surface area contributed by atoms with E-state index in [1.54, 1.807) is 6.08 Å². The zero-order chi connectivity index (χ0) is 14.7. The van der Waals surface area contributed by atoms with Crippen molar-refractivity contribution in [1.29, 1.82) is 0 Å². The van der Waals surface area contributed by atoms with Gasteiger partial charge in [0.25, 0.3) is 0 Å². The average molecular weight is 272 g/mol. The molecule has 3 aromatic rings. The first kappa shape index (κ1) is 13.3. The quantitative estimate of drug-likeness (QED) is 0.482. The maximum atomic E-state index is 12.3. The summed E-state index contributed by atoms with van der Waals surface area (Å²) in [5.41, 5.74) is 2.96. The Kier molecular flexibility index (Phi) is 3.65. The molecule has 1 nitrogen and oxygen atoms in total. The van der Waals surface area contributed by atoms with Crippen LogP contribution in [-0.2, 0) is 0 Å². The second-order valence-corrected chi connectivity index (χ2v) is 5.17. The number of rotatable bonds is 3. The van der Waals surface area contributed by atoms with E-state index in [0.29, 0.717) is 0 Å². The number of benzene rings is 3. The minimum atomic E-state index is 0.0299. The van der Waals surface area contributed by atoms with E-state index in [-0.39, 0.29) is 5.78 Å². The Morgan fingerprint density at radius 1 is 0.857 bits per heavy atom. The number of allylic oxidation sites excluding steroid dienone is 1. The lowest BCUT2D eigenvalue weighted by molar-refractivity contribution is 0.104. The molecule has 0 atom stereocenters. The van der Waals surface area contributed by atoms with Gasteiger partial charge in [0.1, 0.15) is 0 Å². The van der Waals surface area contributed by atoms with Crippen molar-refractivity contribution in [3.63, 3.8) is 0 Å². The zero-order valence-electron chi connectivity index (χ0n) is 11.9. The van der Waals surface area contributed by atoms with Crippen LogP contribution in [0.1, 0.15) is 21.5 Å². The maximum absolute atomic E-state index is 12.3. The standard InChI is InChI=1S/C20H16O/c1-15-5-4-6-16(13-15)9-12-20(21)19-11-10-17-7-2-3-8-18(17)14-19/h2-14H,1H3. The zero-order valence-corrected chi connectivity index (χ0v) is 11.9. The van der Waals surface area contributed by atoms with Crippen LogP contribution < -0.4 is 0 Å². The number of aryl methyl sites for hydroxylation is 1. The van der Waals surface area contributed by atoms with E-state index in [4.69, 9.17) is 0 Å². The summed E-state index contributed by atoms with van der Waals surface area (Å²) in [6.45, 7) is 2.04. The van der Waals surface area contributed by atoms with Crippen LogP contribution in [0.15, 0.2) is 72.8 Å².